The highest BCUT2D eigenvalue weighted by Crippen LogP contribution is 2.30. The molecule has 1 aromatic heterocycles. The van der Waals surface area contributed by atoms with Crippen molar-refractivity contribution < 1.29 is 23.8 Å². The van der Waals surface area contributed by atoms with E-state index in [1.54, 1.807) is 31.2 Å². The van der Waals surface area contributed by atoms with Crippen LogP contribution in [0.15, 0.2) is 48.5 Å². The summed E-state index contributed by atoms with van der Waals surface area (Å²) >= 11 is 0. The van der Waals surface area contributed by atoms with Crippen LogP contribution in [0.5, 0.6) is 11.5 Å². The molecule has 3 aromatic rings. The van der Waals surface area contributed by atoms with Crippen LogP contribution in [0, 0.1) is 6.92 Å². The van der Waals surface area contributed by atoms with E-state index >= 15 is 0 Å². The number of benzene rings is 2. The molecule has 0 unspecified atom stereocenters. The molecule has 1 aliphatic rings. The zero-order chi connectivity index (χ0) is 20.9. The Hall–Kier alpha value is -4.01. The largest absolute Gasteiger partial charge is 0.486 e. The smallest absolute Gasteiger partial charge is 0.357 e. The van der Waals surface area contributed by atoms with Crippen molar-refractivity contribution in [1.82, 2.24) is 20.2 Å². The van der Waals surface area contributed by atoms with E-state index in [9.17, 15) is 9.59 Å². The standard InChI is InChI=1S/C21H18N4O5/c1-14-22-23-24-25(14)17(11-15-5-3-2-4-6-15)21(27)30-13-18(26)16-7-8-19-20(12-16)29-10-9-28-19/h2-8,11-12H,9-10,13H2,1H3. The number of carbonyl (C=O) groups is 2. The maximum atomic E-state index is 12.8. The van der Waals surface area contributed by atoms with E-state index in [-0.39, 0.29) is 11.5 Å². The second-order valence-electron chi connectivity index (χ2n) is 6.44. The number of fused-ring (bicyclic) bond motifs is 1. The first-order valence-corrected chi connectivity index (χ1v) is 9.24. The molecule has 30 heavy (non-hydrogen) atoms. The fraction of sp³-hybridized carbons (Fsp3) is 0.190. The Bertz CT molecular complexity index is 1110. The van der Waals surface area contributed by atoms with Gasteiger partial charge in [0.2, 0.25) is 0 Å². The van der Waals surface area contributed by atoms with Gasteiger partial charge in [0.1, 0.15) is 13.2 Å². The average Bonchev–Trinajstić information content (AvgIpc) is 3.21. The number of hydrogen-bond donors (Lipinski definition) is 0. The summed E-state index contributed by atoms with van der Waals surface area (Å²) in [4.78, 5) is 25.3. The maximum absolute atomic E-state index is 12.8. The molecule has 0 saturated heterocycles. The fourth-order valence-corrected chi connectivity index (χ4v) is 2.87. The number of Topliss-reactive ketones (excluding diaryl/α,β-unsaturated/α-hetero) is 1. The van der Waals surface area contributed by atoms with Crippen LogP contribution in [0.25, 0.3) is 11.8 Å². The van der Waals surface area contributed by atoms with Crippen LogP contribution in [0.3, 0.4) is 0 Å². The van der Waals surface area contributed by atoms with E-state index in [4.69, 9.17) is 14.2 Å². The second kappa shape index (κ2) is 8.56. The third-order valence-corrected chi connectivity index (χ3v) is 4.36. The topological polar surface area (TPSA) is 105 Å². The van der Waals surface area contributed by atoms with Crippen molar-refractivity contribution in [2.75, 3.05) is 19.8 Å². The summed E-state index contributed by atoms with van der Waals surface area (Å²) in [5, 5.41) is 11.2. The molecule has 0 radical (unpaired) electrons. The van der Waals surface area contributed by atoms with Gasteiger partial charge in [-0.25, -0.2) is 4.79 Å². The summed E-state index contributed by atoms with van der Waals surface area (Å²) in [7, 11) is 0. The Morgan fingerprint density at radius 3 is 2.60 bits per heavy atom. The Kier molecular flexibility index (Phi) is 5.51. The van der Waals surface area contributed by atoms with E-state index in [0.717, 1.165) is 5.56 Å². The highest BCUT2D eigenvalue weighted by atomic mass is 16.6. The van der Waals surface area contributed by atoms with E-state index in [2.05, 4.69) is 15.5 Å². The van der Waals surface area contributed by atoms with Crippen molar-refractivity contribution in [3.63, 3.8) is 0 Å². The molecule has 152 valence electrons. The van der Waals surface area contributed by atoms with Crippen molar-refractivity contribution in [3.05, 3.63) is 65.5 Å². The van der Waals surface area contributed by atoms with Gasteiger partial charge in [0.25, 0.3) is 0 Å². The van der Waals surface area contributed by atoms with Crippen LogP contribution in [-0.4, -0.2) is 51.8 Å². The molecule has 0 aliphatic carbocycles. The number of tetrazole rings is 1. The molecular formula is C21H18N4O5. The Balaban J connectivity index is 1.51. The Morgan fingerprint density at radius 2 is 1.87 bits per heavy atom. The van der Waals surface area contributed by atoms with E-state index < -0.39 is 12.6 Å². The molecule has 0 saturated carbocycles. The SMILES string of the molecule is Cc1nnnn1C(=Cc1ccccc1)C(=O)OCC(=O)c1ccc2c(c1)OCCO2. The minimum absolute atomic E-state index is 0.0960. The lowest BCUT2D eigenvalue weighted by molar-refractivity contribution is -0.136. The van der Waals surface area contributed by atoms with E-state index in [1.807, 2.05) is 30.3 Å². The monoisotopic (exact) mass is 406 g/mol. The minimum atomic E-state index is -0.722. The summed E-state index contributed by atoms with van der Waals surface area (Å²) < 4.78 is 17.5. The van der Waals surface area contributed by atoms with Gasteiger partial charge in [-0.2, -0.15) is 4.68 Å². The quantitative estimate of drug-likeness (QED) is 0.348. The third kappa shape index (κ3) is 4.19. The first-order chi connectivity index (χ1) is 14.6. The third-order valence-electron chi connectivity index (χ3n) is 4.36. The average molecular weight is 406 g/mol. The lowest BCUT2D eigenvalue weighted by Gasteiger charge is -2.18. The van der Waals surface area contributed by atoms with E-state index in [0.29, 0.717) is 36.1 Å². The Morgan fingerprint density at radius 1 is 1.10 bits per heavy atom. The first kappa shape index (κ1) is 19.3. The summed E-state index contributed by atoms with van der Waals surface area (Å²) in [5.74, 6) is 0.393. The normalized spacial score (nSPS) is 13.0. The molecular weight excluding hydrogens is 388 g/mol. The number of nitrogens with zero attached hydrogens (tertiary/aromatic N) is 4. The summed E-state index contributed by atoms with van der Waals surface area (Å²) in [5.41, 5.74) is 1.22. The molecule has 1 aliphatic heterocycles. The van der Waals surface area contributed by atoms with Gasteiger partial charge in [0.15, 0.2) is 35.4 Å². The Labute approximate surface area is 171 Å². The molecule has 2 heterocycles. The number of rotatable bonds is 6. The first-order valence-electron chi connectivity index (χ1n) is 9.24. The number of aromatic nitrogens is 4. The second-order valence-corrected chi connectivity index (χ2v) is 6.44. The zero-order valence-corrected chi connectivity index (χ0v) is 16.1. The van der Waals surface area contributed by atoms with Gasteiger partial charge < -0.3 is 14.2 Å². The molecule has 2 aromatic carbocycles. The van der Waals surface area contributed by atoms with E-state index in [1.165, 1.54) is 4.68 Å². The molecule has 0 fully saturated rings. The van der Waals surface area contributed by atoms with Crippen LogP contribution in [0.1, 0.15) is 21.7 Å². The van der Waals surface area contributed by atoms with Crippen LogP contribution in [0.2, 0.25) is 0 Å². The summed E-state index contributed by atoms with van der Waals surface area (Å²) in [6.45, 7) is 2.10. The van der Waals surface area contributed by atoms with Crippen LogP contribution in [0.4, 0.5) is 0 Å². The minimum Gasteiger partial charge on any atom is -0.486 e. The van der Waals surface area contributed by atoms with Crippen LogP contribution < -0.4 is 9.47 Å². The van der Waals surface area contributed by atoms with Gasteiger partial charge in [-0.1, -0.05) is 30.3 Å². The number of esters is 1. The molecule has 4 rings (SSSR count). The number of ketones is 1. The van der Waals surface area contributed by atoms with Gasteiger partial charge in [0.05, 0.1) is 0 Å². The number of ether oxygens (including phenoxy) is 3. The lowest BCUT2D eigenvalue weighted by Crippen LogP contribution is -2.20. The van der Waals surface area contributed by atoms with Gasteiger partial charge in [-0.15, -0.1) is 5.10 Å². The highest BCUT2D eigenvalue weighted by molar-refractivity contribution is 6.16. The van der Waals surface area contributed by atoms with Gasteiger partial charge in [0, 0.05) is 5.56 Å². The molecule has 9 nitrogen and oxygen atoms in total. The molecule has 0 bridgehead atoms. The van der Waals surface area contributed by atoms with Crippen LogP contribution >= 0.6 is 0 Å². The molecule has 0 amide bonds. The van der Waals surface area contributed by atoms with Gasteiger partial charge >= 0.3 is 5.97 Å². The lowest BCUT2D eigenvalue weighted by atomic mass is 10.1. The summed E-state index contributed by atoms with van der Waals surface area (Å²) in [6, 6.07) is 14.0. The zero-order valence-electron chi connectivity index (χ0n) is 16.1. The van der Waals surface area contributed by atoms with Crippen molar-refractivity contribution in [2.45, 2.75) is 6.92 Å². The van der Waals surface area contributed by atoms with Crippen molar-refractivity contribution >= 4 is 23.5 Å². The highest BCUT2D eigenvalue weighted by Gasteiger charge is 2.20. The number of hydrogen-bond acceptors (Lipinski definition) is 8. The molecule has 9 heteroatoms. The predicted molar refractivity (Wildman–Crippen MR) is 106 cm³/mol. The number of carbonyl (C=O) groups excluding carboxylic acids is 2. The van der Waals surface area contributed by atoms with Crippen molar-refractivity contribution in [1.29, 1.82) is 0 Å². The van der Waals surface area contributed by atoms with Gasteiger partial charge in [-0.3, -0.25) is 4.79 Å². The maximum Gasteiger partial charge on any atom is 0.357 e. The molecule has 0 atom stereocenters. The molecule has 0 N–H and O–H groups in total. The molecule has 0 spiro atoms. The summed E-state index contributed by atoms with van der Waals surface area (Å²) in [6.07, 6.45) is 1.60. The fourth-order valence-electron chi connectivity index (χ4n) is 2.87. The van der Waals surface area contributed by atoms with Crippen molar-refractivity contribution in [2.24, 2.45) is 0 Å². The number of aryl methyl sites for hydroxylation is 1. The van der Waals surface area contributed by atoms with Crippen molar-refractivity contribution in [3.8, 4) is 11.5 Å². The van der Waals surface area contributed by atoms with Gasteiger partial charge in [-0.05, 0) is 47.2 Å². The predicted octanol–water partition coefficient (Wildman–Crippen LogP) is 2.18. The van der Waals surface area contributed by atoms with Crippen LogP contribution in [-0.2, 0) is 9.53 Å².